The van der Waals surface area contributed by atoms with Crippen LogP contribution < -0.4 is 5.32 Å². The van der Waals surface area contributed by atoms with Crippen molar-refractivity contribution in [2.24, 2.45) is 5.92 Å². The maximum absolute atomic E-state index is 4.32. The predicted molar refractivity (Wildman–Crippen MR) is 72.1 cm³/mol. The Morgan fingerprint density at radius 1 is 1.41 bits per heavy atom. The zero-order chi connectivity index (χ0) is 11.9. The van der Waals surface area contributed by atoms with E-state index in [-0.39, 0.29) is 0 Å². The van der Waals surface area contributed by atoms with Gasteiger partial charge in [0.25, 0.3) is 0 Å². The average molecular weight is 233 g/mol. The van der Waals surface area contributed by atoms with Crippen LogP contribution in [0.25, 0.3) is 0 Å². The van der Waals surface area contributed by atoms with Gasteiger partial charge < -0.3 is 9.88 Å². The molecule has 17 heavy (non-hydrogen) atoms. The summed E-state index contributed by atoms with van der Waals surface area (Å²) in [5.41, 5.74) is 0. The van der Waals surface area contributed by atoms with Crippen LogP contribution in [0.15, 0.2) is 25.0 Å². The second-order valence-corrected chi connectivity index (χ2v) is 4.91. The van der Waals surface area contributed by atoms with Crippen molar-refractivity contribution in [3.63, 3.8) is 0 Å². The second-order valence-electron chi connectivity index (χ2n) is 4.91. The molecule has 0 unspecified atom stereocenters. The standard InChI is InChI=1S/C14H23N3/c1-2-11-17-12-10-16-14(17)15-9-8-13-6-4-3-5-7-13/h2,10,12-13H,1,3-9,11H2,(H,15,16). The van der Waals surface area contributed by atoms with E-state index >= 15 is 0 Å². The number of aromatic nitrogens is 2. The fraction of sp³-hybridized carbons (Fsp3) is 0.643. The van der Waals surface area contributed by atoms with Crippen LogP contribution in [0, 0.1) is 5.92 Å². The summed E-state index contributed by atoms with van der Waals surface area (Å²) in [6.45, 7) is 5.62. The van der Waals surface area contributed by atoms with Crippen LogP contribution >= 0.6 is 0 Å². The van der Waals surface area contributed by atoms with Crippen LogP contribution in [-0.4, -0.2) is 16.1 Å². The quantitative estimate of drug-likeness (QED) is 0.763. The predicted octanol–water partition coefficient (Wildman–Crippen LogP) is 3.45. The second kappa shape index (κ2) is 6.48. The summed E-state index contributed by atoms with van der Waals surface area (Å²) in [6, 6.07) is 0. The molecule has 1 aliphatic carbocycles. The molecular weight excluding hydrogens is 210 g/mol. The molecule has 0 aromatic carbocycles. The zero-order valence-corrected chi connectivity index (χ0v) is 10.6. The first-order chi connectivity index (χ1) is 8.40. The third kappa shape index (κ3) is 3.62. The van der Waals surface area contributed by atoms with Gasteiger partial charge in [-0.1, -0.05) is 38.2 Å². The van der Waals surface area contributed by atoms with E-state index in [1.54, 1.807) is 0 Å². The van der Waals surface area contributed by atoms with E-state index in [0.717, 1.165) is 25.0 Å². The summed E-state index contributed by atoms with van der Waals surface area (Å²) in [7, 11) is 0. The Hall–Kier alpha value is -1.25. The molecule has 1 saturated carbocycles. The van der Waals surface area contributed by atoms with Gasteiger partial charge in [-0.3, -0.25) is 0 Å². The van der Waals surface area contributed by atoms with Crippen LogP contribution in [-0.2, 0) is 6.54 Å². The van der Waals surface area contributed by atoms with E-state index in [0.29, 0.717) is 0 Å². The molecule has 1 N–H and O–H groups in total. The molecule has 2 rings (SSSR count). The molecule has 0 aliphatic heterocycles. The number of anilines is 1. The van der Waals surface area contributed by atoms with Crippen molar-refractivity contribution >= 4 is 5.95 Å². The Morgan fingerprint density at radius 3 is 3.00 bits per heavy atom. The molecule has 0 atom stereocenters. The van der Waals surface area contributed by atoms with Gasteiger partial charge >= 0.3 is 0 Å². The summed E-state index contributed by atoms with van der Waals surface area (Å²) < 4.78 is 2.09. The molecule has 0 saturated heterocycles. The van der Waals surface area contributed by atoms with Crippen molar-refractivity contribution < 1.29 is 0 Å². The number of imidazole rings is 1. The van der Waals surface area contributed by atoms with Gasteiger partial charge in [-0.05, 0) is 12.3 Å². The van der Waals surface area contributed by atoms with Crippen molar-refractivity contribution in [2.75, 3.05) is 11.9 Å². The fourth-order valence-electron chi connectivity index (χ4n) is 2.63. The van der Waals surface area contributed by atoms with Gasteiger partial charge in [0.2, 0.25) is 5.95 Å². The molecule has 1 aliphatic rings. The minimum atomic E-state index is 0.825. The molecule has 1 aromatic heterocycles. The molecule has 3 heteroatoms. The molecule has 0 radical (unpaired) electrons. The fourth-order valence-corrected chi connectivity index (χ4v) is 2.63. The van der Waals surface area contributed by atoms with Crippen molar-refractivity contribution in [1.29, 1.82) is 0 Å². The Balaban J connectivity index is 1.73. The largest absolute Gasteiger partial charge is 0.356 e. The molecule has 94 valence electrons. The lowest BCUT2D eigenvalue weighted by molar-refractivity contribution is 0.345. The third-order valence-electron chi connectivity index (χ3n) is 3.60. The van der Waals surface area contributed by atoms with E-state index in [9.17, 15) is 0 Å². The van der Waals surface area contributed by atoms with E-state index < -0.39 is 0 Å². The van der Waals surface area contributed by atoms with Crippen LogP contribution in [0.4, 0.5) is 5.95 Å². The van der Waals surface area contributed by atoms with Gasteiger partial charge in [-0.2, -0.15) is 0 Å². The molecule has 3 nitrogen and oxygen atoms in total. The maximum atomic E-state index is 4.32. The number of allylic oxidation sites excluding steroid dienone is 1. The highest BCUT2D eigenvalue weighted by atomic mass is 15.2. The van der Waals surface area contributed by atoms with Gasteiger partial charge in [-0.25, -0.2) is 4.98 Å². The Labute approximate surface area is 104 Å². The summed E-state index contributed by atoms with van der Waals surface area (Å²) in [5.74, 6) is 1.90. The molecular formula is C14H23N3. The molecule has 0 bridgehead atoms. The normalized spacial score (nSPS) is 16.9. The van der Waals surface area contributed by atoms with Gasteiger partial charge in [0.15, 0.2) is 0 Å². The number of nitrogens with zero attached hydrogens (tertiary/aromatic N) is 2. The van der Waals surface area contributed by atoms with E-state index in [2.05, 4.69) is 21.4 Å². The number of hydrogen-bond acceptors (Lipinski definition) is 2. The monoisotopic (exact) mass is 233 g/mol. The van der Waals surface area contributed by atoms with Crippen molar-refractivity contribution in [3.05, 3.63) is 25.0 Å². The van der Waals surface area contributed by atoms with E-state index in [4.69, 9.17) is 0 Å². The SMILES string of the molecule is C=CCn1ccnc1NCCC1CCCCC1. The lowest BCUT2D eigenvalue weighted by atomic mass is 9.87. The van der Waals surface area contributed by atoms with Crippen LogP contribution in [0.2, 0.25) is 0 Å². The molecule has 0 amide bonds. The van der Waals surface area contributed by atoms with Crippen molar-refractivity contribution in [3.8, 4) is 0 Å². The van der Waals surface area contributed by atoms with Crippen LogP contribution in [0.1, 0.15) is 38.5 Å². The number of hydrogen-bond donors (Lipinski definition) is 1. The first-order valence-electron chi connectivity index (χ1n) is 6.76. The van der Waals surface area contributed by atoms with Crippen molar-refractivity contribution in [1.82, 2.24) is 9.55 Å². The van der Waals surface area contributed by atoms with Crippen LogP contribution in [0.3, 0.4) is 0 Å². The highest BCUT2D eigenvalue weighted by Gasteiger charge is 2.12. The Bertz CT molecular complexity index is 337. The number of rotatable bonds is 6. The van der Waals surface area contributed by atoms with E-state index in [1.807, 2.05) is 18.5 Å². The van der Waals surface area contributed by atoms with Gasteiger partial charge in [-0.15, -0.1) is 6.58 Å². The average Bonchev–Trinajstić information content (AvgIpc) is 2.79. The highest BCUT2D eigenvalue weighted by molar-refractivity contribution is 5.25. The first kappa shape index (κ1) is 12.2. The summed E-state index contributed by atoms with van der Waals surface area (Å²) >= 11 is 0. The Kier molecular flexibility index (Phi) is 4.65. The zero-order valence-electron chi connectivity index (χ0n) is 10.6. The third-order valence-corrected chi connectivity index (χ3v) is 3.60. The number of nitrogens with one attached hydrogen (secondary N) is 1. The highest BCUT2D eigenvalue weighted by Crippen LogP contribution is 2.26. The van der Waals surface area contributed by atoms with Gasteiger partial charge in [0.1, 0.15) is 0 Å². The Morgan fingerprint density at radius 2 is 2.24 bits per heavy atom. The topological polar surface area (TPSA) is 29.9 Å². The summed E-state index contributed by atoms with van der Waals surface area (Å²) in [5, 5.41) is 3.43. The maximum Gasteiger partial charge on any atom is 0.203 e. The molecule has 1 fully saturated rings. The molecule has 1 aromatic rings. The minimum Gasteiger partial charge on any atom is -0.356 e. The lowest BCUT2D eigenvalue weighted by Crippen LogP contribution is -2.14. The minimum absolute atomic E-state index is 0.825. The molecule has 1 heterocycles. The van der Waals surface area contributed by atoms with E-state index in [1.165, 1.54) is 38.5 Å². The lowest BCUT2D eigenvalue weighted by Gasteiger charge is -2.21. The molecule has 0 spiro atoms. The van der Waals surface area contributed by atoms with Gasteiger partial charge in [0, 0.05) is 25.5 Å². The first-order valence-corrected chi connectivity index (χ1v) is 6.76. The van der Waals surface area contributed by atoms with Gasteiger partial charge in [0.05, 0.1) is 0 Å². The smallest absolute Gasteiger partial charge is 0.203 e. The van der Waals surface area contributed by atoms with Crippen molar-refractivity contribution in [2.45, 2.75) is 45.1 Å². The van der Waals surface area contributed by atoms with Crippen LogP contribution in [0.5, 0.6) is 0 Å². The summed E-state index contributed by atoms with van der Waals surface area (Å²) in [6.07, 6.45) is 14.1. The summed E-state index contributed by atoms with van der Waals surface area (Å²) in [4.78, 5) is 4.32.